The molecule has 0 aromatic carbocycles. The van der Waals surface area contributed by atoms with Crippen molar-refractivity contribution in [1.29, 1.82) is 0 Å². The van der Waals surface area contributed by atoms with Crippen LogP contribution in [0.5, 0.6) is 0 Å². The summed E-state index contributed by atoms with van der Waals surface area (Å²) in [6, 6.07) is 0.219. The zero-order valence-electron chi connectivity index (χ0n) is 11.1. The number of hydrogen-bond donors (Lipinski definition) is 2. The highest BCUT2D eigenvalue weighted by molar-refractivity contribution is 5.93. The van der Waals surface area contributed by atoms with Crippen LogP contribution in [0.2, 0.25) is 0 Å². The summed E-state index contributed by atoms with van der Waals surface area (Å²) in [4.78, 5) is 13.8. The van der Waals surface area contributed by atoms with E-state index >= 15 is 0 Å². The third-order valence-electron chi connectivity index (χ3n) is 2.94. The summed E-state index contributed by atoms with van der Waals surface area (Å²) in [6.45, 7) is 3.73. The van der Waals surface area contributed by atoms with Crippen LogP contribution in [0, 0.1) is 0 Å². The minimum atomic E-state index is -0.127. The van der Waals surface area contributed by atoms with Crippen molar-refractivity contribution in [2.75, 3.05) is 32.2 Å². The van der Waals surface area contributed by atoms with Crippen molar-refractivity contribution in [3.63, 3.8) is 0 Å². The Labute approximate surface area is 106 Å². The molecule has 100 valence electrons. The number of nitrogens with one attached hydrogen (secondary N) is 2. The average Bonchev–Trinajstić information content (AvgIpc) is 2.67. The van der Waals surface area contributed by atoms with E-state index in [0.717, 1.165) is 31.6 Å². The molecule has 1 aliphatic rings. The van der Waals surface area contributed by atoms with E-state index in [-0.39, 0.29) is 11.9 Å². The summed E-state index contributed by atoms with van der Waals surface area (Å²) in [5, 5.41) is 15.9. The van der Waals surface area contributed by atoms with Crippen LogP contribution in [-0.2, 0) is 6.42 Å². The van der Waals surface area contributed by atoms with Crippen molar-refractivity contribution in [3.8, 4) is 0 Å². The van der Waals surface area contributed by atoms with E-state index in [1.54, 1.807) is 4.79 Å². The number of nitrogens with zero attached hydrogens (tertiary/aromatic N) is 4. The molecule has 1 fully saturated rings. The molecule has 7 nitrogen and oxygen atoms in total. The topological polar surface area (TPSA) is 75.1 Å². The van der Waals surface area contributed by atoms with Crippen LogP contribution in [0.4, 0.5) is 0 Å². The maximum absolute atomic E-state index is 12.1. The van der Waals surface area contributed by atoms with E-state index in [1.807, 2.05) is 19.1 Å². The molecule has 7 heteroatoms. The van der Waals surface area contributed by atoms with Crippen LogP contribution in [0.1, 0.15) is 29.5 Å². The molecule has 18 heavy (non-hydrogen) atoms. The van der Waals surface area contributed by atoms with Gasteiger partial charge in [0.1, 0.15) is 0 Å². The van der Waals surface area contributed by atoms with Gasteiger partial charge in [0.25, 0.3) is 5.91 Å². The van der Waals surface area contributed by atoms with Gasteiger partial charge < -0.3 is 15.6 Å². The van der Waals surface area contributed by atoms with Gasteiger partial charge in [0.05, 0.1) is 11.7 Å². The minimum Gasteiger partial charge on any atom is -0.345 e. The van der Waals surface area contributed by atoms with E-state index in [4.69, 9.17) is 0 Å². The lowest BCUT2D eigenvalue weighted by molar-refractivity contribution is 0.0917. The lowest BCUT2D eigenvalue weighted by Gasteiger charge is -2.27. The monoisotopic (exact) mass is 252 g/mol. The largest absolute Gasteiger partial charge is 0.345 e. The SMILES string of the molecule is CCCc1c(C(=O)NC2CNC2)nnn1N(C)C. The first-order valence-corrected chi connectivity index (χ1v) is 6.27. The molecule has 0 bridgehead atoms. The smallest absolute Gasteiger partial charge is 0.274 e. The van der Waals surface area contributed by atoms with E-state index in [0.29, 0.717) is 5.69 Å². The molecular formula is C11H20N6O. The Morgan fingerprint density at radius 2 is 2.28 bits per heavy atom. The third kappa shape index (κ3) is 2.45. The van der Waals surface area contributed by atoms with Crippen LogP contribution in [-0.4, -0.2) is 54.2 Å². The van der Waals surface area contributed by atoms with Gasteiger partial charge in [-0.15, -0.1) is 5.10 Å². The normalized spacial score (nSPS) is 15.3. The molecule has 1 amide bonds. The van der Waals surface area contributed by atoms with Gasteiger partial charge in [-0.1, -0.05) is 13.3 Å². The van der Waals surface area contributed by atoms with Gasteiger partial charge in [-0.3, -0.25) is 4.79 Å². The first-order valence-electron chi connectivity index (χ1n) is 6.27. The molecule has 2 heterocycles. The fraction of sp³-hybridized carbons (Fsp3) is 0.727. The molecule has 1 aromatic rings. The number of carbonyl (C=O) groups is 1. The summed E-state index contributed by atoms with van der Waals surface area (Å²) < 4.78 is 0. The molecule has 1 aromatic heterocycles. The molecule has 1 aliphatic heterocycles. The molecule has 0 radical (unpaired) electrons. The van der Waals surface area contributed by atoms with E-state index in [1.165, 1.54) is 0 Å². The Morgan fingerprint density at radius 3 is 2.78 bits per heavy atom. The van der Waals surface area contributed by atoms with Crippen molar-refractivity contribution < 1.29 is 4.79 Å². The van der Waals surface area contributed by atoms with Crippen LogP contribution >= 0.6 is 0 Å². The minimum absolute atomic E-state index is 0.127. The fourth-order valence-corrected chi connectivity index (χ4v) is 1.89. The first kappa shape index (κ1) is 12.8. The van der Waals surface area contributed by atoms with Crippen LogP contribution in [0.25, 0.3) is 0 Å². The lowest BCUT2D eigenvalue weighted by atomic mass is 10.1. The molecule has 2 N–H and O–H groups in total. The van der Waals surface area contributed by atoms with Gasteiger partial charge in [0.15, 0.2) is 5.69 Å². The molecule has 2 rings (SSSR count). The maximum atomic E-state index is 12.1. The van der Waals surface area contributed by atoms with Crippen molar-refractivity contribution in [2.45, 2.75) is 25.8 Å². The molecule has 0 aliphatic carbocycles. The van der Waals surface area contributed by atoms with Gasteiger partial charge in [0, 0.05) is 27.2 Å². The zero-order valence-corrected chi connectivity index (χ0v) is 11.1. The number of hydrogen-bond acceptors (Lipinski definition) is 5. The Balaban J connectivity index is 2.17. The quantitative estimate of drug-likeness (QED) is 0.712. The van der Waals surface area contributed by atoms with Crippen molar-refractivity contribution in [1.82, 2.24) is 25.7 Å². The highest BCUT2D eigenvalue weighted by Gasteiger charge is 2.24. The average molecular weight is 252 g/mol. The van der Waals surface area contributed by atoms with E-state index in [9.17, 15) is 4.79 Å². The van der Waals surface area contributed by atoms with Crippen molar-refractivity contribution in [2.24, 2.45) is 0 Å². The Morgan fingerprint density at radius 1 is 1.56 bits per heavy atom. The van der Waals surface area contributed by atoms with Gasteiger partial charge in [-0.05, 0) is 11.6 Å². The van der Waals surface area contributed by atoms with Crippen molar-refractivity contribution >= 4 is 5.91 Å². The molecule has 0 atom stereocenters. The van der Waals surface area contributed by atoms with E-state index in [2.05, 4.69) is 27.9 Å². The van der Waals surface area contributed by atoms with Gasteiger partial charge in [0.2, 0.25) is 0 Å². The Hall–Kier alpha value is -1.63. The number of amides is 1. The summed E-state index contributed by atoms with van der Waals surface area (Å²) in [7, 11) is 3.76. The maximum Gasteiger partial charge on any atom is 0.274 e. The predicted octanol–water partition coefficient (Wildman–Crippen LogP) is -0.870. The van der Waals surface area contributed by atoms with Crippen LogP contribution in [0.15, 0.2) is 0 Å². The Kier molecular flexibility index (Phi) is 3.81. The standard InChI is InChI=1S/C11H20N6O/c1-4-5-9-10(14-15-17(9)16(2)3)11(18)13-8-6-12-7-8/h8,12H,4-7H2,1-3H3,(H,13,18). The van der Waals surface area contributed by atoms with E-state index < -0.39 is 0 Å². The second kappa shape index (κ2) is 5.34. The highest BCUT2D eigenvalue weighted by atomic mass is 16.2. The predicted molar refractivity (Wildman–Crippen MR) is 68.2 cm³/mol. The lowest BCUT2D eigenvalue weighted by Crippen LogP contribution is -2.57. The molecule has 0 saturated carbocycles. The second-order valence-corrected chi connectivity index (χ2v) is 4.70. The number of rotatable bonds is 5. The highest BCUT2D eigenvalue weighted by Crippen LogP contribution is 2.09. The number of aromatic nitrogens is 3. The van der Waals surface area contributed by atoms with Crippen LogP contribution in [0.3, 0.4) is 0 Å². The van der Waals surface area contributed by atoms with Gasteiger partial charge in [-0.25, -0.2) is 0 Å². The van der Waals surface area contributed by atoms with Crippen molar-refractivity contribution in [3.05, 3.63) is 11.4 Å². The second-order valence-electron chi connectivity index (χ2n) is 4.70. The number of carbonyl (C=O) groups excluding carboxylic acids is 1. The molecular weight excluding hydrogens is 232 g/mol. The Bertz CT molecular complexity index is 423. The fourth-order valence-electron chi connectivity index (χ4n) is 1.89. The molecule has 1 saturated heterocycles. The van der Waals surface area contributed by atoms with Gasteiger partial charge in [-0.2, -0.15) is 4.79 Å². The summed E-state index contributed by atoms with van der Waals surface area (Å²) in [5.74, 6) is -0.127. The summed E-state index contributed by atoms with van der Waals surface area (Å²) in [5.41, 5.74) is 1.31. The van der Waals surface area contributed by atoms with Gasteiger partial charge >= 0.3 is 0 Å². The summed E-state index contributed by atoms with van der Waals surface area (Å²) >= 11 is 0. The molecule has 0 spiro atoms. The third-order valence-corrected chi connectivity index (χ3v) is 2.94. The summed E-state index contributed by atoms with van der Waals surface area (Å²) in [6.07, 6.45) is 1.74. The molecule has 0 unspecified atom stereocenters. The first-order chi connectivity index (χ1) is 8.63. The zero-order chi connectivity index (χ0) is 13.1. The van der Waals surface area contributed by atoms with Crippen LogP contribution < -0.4 is 15.6 Å².